The number of benzene rings is 1. The number of nitriles is 2. The number of esters is 1. The van der Waals surface area contributed by atoms with E-state index in [1.165, 1.54) is 12.1 Å². The van der Waals surface area contributed by atoms with E-state index in [0.29, 0.717) is 11.0 Å². The van der Waals surface area contributed by atoms with Gasteiger partial charge in [-0.15, -0.1) is 0 Å². The topological polar surface area (TPSA) is 103 Å². The van der Waals surface area contributed by atoms with Gasteiger partial charge in [-0.25, -0.2) is 9.78 Å². The van der Waals surface area contributed by atoms with Crippen LogP contribution in [-0.2, 0) is 4.74 Å². The van der Waals surface area contributed by atoms with Gasteiger partial charge < -0.3 is 9.72 Å². The lowest BCUT2D eigenvalue weighted by Crippen LogP contribution is -2.06. The third-order valence-corrected chi connectivity index (χ3v) is 2.33. The number of hydrogen-bond donors (Lipinski definition) is 1. The Balaban J connectivity index is 2.56. The molecule has 0 aliphatic heterocycles. The number of nitrogens with one attached hydrogen (secondary N) is 1. The molecular weight excluding hydrogens is 232 g/mol. The second-order valence-electron chi connectivity index (χ2n) is 3.44. The Morgan fingerprint density at radius 2 is 2.06 bits per heavy atom. The molecule has 18 heavy (non-hydrogen) atoms. The maximum atomic E-state index is 11.5. The van der Waals surface area contributed by atoms with Gasteiger partial charge in [-0.1, -0.05) is 0 Å². The van der Waals surface area contributed by atoms with E-state index in [0.717, 1.165) is 0 Å². The third-order valence-electron chi connectivity index (χ3n) is 2.33. The van der Waals surface area contributed by atoms with Crippen LogP contribution in [0.25, 0.3) is 11.0 Å². The Hall–Kier alpha value is -2.86. The van der Waals surface area contributed by atoms with E-state index in [4.69, 9.17) is 15.3 Å². The molecule has 2 rings (SSSR count). The Bertz CT molecular complexity index is 652. The van der Waals surface area contributed by atoms with Crippen molar-refractivity contribution in [2.75, 3.05) is 6.61 Å². The van der Waals surface area contributed by atoms with Crippen LogP contribution < -0.4 is 0 Å². The van der Waals surface area contributed by atoms with Crippen molar-refractivity contribution >= 4 is 17.0 Å². The van der Waals surface area contributed by atoms with Gasteiger partial charge in [0.15, 0.2) is 0 Å². The molecule has 1 N–H and O–H groups in total. The summed E-state index contributed by atoms with van der Waals surface area (Å²) in [6, 6.07) is 6.78. The number of ether oxygens (including phenoxy) is 1. The summed E-state index contributed by atoms with van der Waals surface area (Å²) in [5, 5.41) is 17.8. The molecule has 2 aromatic rings. The highest BCUT2D eigenvalue weighted by atomic mass is 16.5. The fourth-order valence-electron chi connectivity index (χ4n) is 1.54. The molecule has 88 valence electrons. The Morgan fingerprint density at radius 3 is 2.67 bits per heavy atom. The zero-order valence-corrected chi connectivity index (χ0v) is 9.52. The molecule has 0 spiro atoms. The largest absolute Gasteiger partial charge is 0.460 e. The molecule has 0 aliphatic carbocycles. The molecule has 1 heterocycles. The minimum absolute atomic E-state index is 0.0610. The minimum atomic E-state index is -0.564. The van der Waals surface area contributed by atoms with E-state index in [2.05, 4.69) is 9.97 Å². The maximum Gasteiger partial charge on any atom is 0.374 e. The first-order chi connectivity index (χ1) is 8.69. The van der Waals surface area contributed by atoms with Crippen LogP contribution in [0.3, 0.4) is 0 Å². The maximum absolute atomic E-state index is 11.5. The van der Waals surface area contributed by atoms with Gasteiger partial charge in [0.2, 0.25) is 5.82 Å². The molecule has 0 aliphatic rings. The molecule has 0 saturated carbocycles. The summed E-state index contributed by atoms with van der Waals surface area (Å²) in [4.78, 5) is 18.3. The Morgan fingerprint density at radius 1 is 1.39 bits per heavy atom. The standard InChI is InChI=1S/C12H8N4O2/c1-2-18-12(17)11-15-9-3-7(5-13)8(6-14)4-10(9)16-11/h3-4H,2H2,1H3,(H,15,16). The quantitative estimate of drug-likeness (QED) is 0.801. The van der Waals surface area contributed by atoms with E-state index in [1.54, 1.807) is 6.92 Å². The summed E-state index contributed by atoms with van der Waals surface area (Å²) in [5.74, 6) is -0.503. The van der Waals surface area contributed by atoms with Crippen LogP contribution in [0.1, 0.15) is 28.7 Å². The van der Waals surface area contributed by atoms with Crippen molar-refractivity contribution in [1.82, 2.24) is 9.97 Å². The van der Waals surface area contributed by atoms with Crippen molar-refractivity contribution in [2.24, 2.45) is 0 Å². The first-order valence-corrected chi connectivity index (χ1v) is 5.20. The lowest BCUT2D eigenvalue weighted by atomic mass is 10.1. The SMILES string of the molecule is CCOC(=O)c1nc2cc(C#N)c(C#N)cc2[nH]1. The van der Waals surface area contributed by atoms with E-state index in [1.807, 2.05) is 12.1 Å². The highest BCUT2D eigenvalue weighted by Crippen LogP contribution is 2.17. The molecule has 0 radical (unpaired) electrons. The predicted octanol–water partition coefficient (Wildman–Crippen LogP) is 1.48. The number of H-pyrrole nitrogens is 1. The van der Waals surface area contributed by atoms with E-state index >= 15 is 0 Å². The molecule has 0 unspecified atom stereocenters. The van der Waals surface area contributed by atoms with Gasteiger partial charge in [-0.05, 0) is 19.1 Å². The van der Waals surface area contributed by atoms with E-state index < -0.39 is 5.97 Å². The van der Waals surface area contributed by atoms with Gasteiger partial charge >= 0.3 is 5.97 Å². The van der Waals surface area contributed by atoms with Crippen molar-refractivity contribution in [3.05, 3.63) is 29.1 Å². The van der Waals surface area contributed by atoms with Gasteiger partial charge in [0.25, 0.3) is 0 Å². The van der Waals surface area contributed by atoms with Crippen LogP contribution in [0, 0.1) is 22.7 Å². The van der Waals surface area contributed by atoms with Crippen LogP contribution in [0.4, 0.5) is 0 Å². The normalized spacial score (nSPS) is 9.72. The molecule has 0 amide bonds. The number of fused-ring (bicyclic) bond motifs is 1. The molecule has 1 aromatic heterocycles. The second-order valence-corrected chi connectivity index (χ2v) is 3.44. The second kappa shape index (κ2) is 4.56. The highest BCUT2D eigenvalue weighted by molar-refractivity contribution is 5.91. The van der Waals surface area contributed by atoms with Gasteiger partial charge in [-0.2, -0.15) is 10.5 Å². The molecule has 0 bridgehead atoms. The predicted molar refractivity (Wildman–Crippen MR) is 61.5 cm³/mol. The molecular formula is C12H8N4O2. The molecule has 0 saturated heterocycles. The third kappa shape index (κ3) is 1.87. The number of aromatic nitrogens is 2. The average molecular weight is 240 g/mol. The number of hydrogen-bond acceptors (Lipinski definition) is 5. The smallest absolute Gasteiger partial charge is 0.374 e. The number of imidazole rings is 1. The van der Waals surface area contributed by atoms with Gasteiger partial charge in [0.1, 0.15) is 12.1 Å². The number of carbonyl (C=O) groups excluding carboxylic acids is 1. The molecule has 0 fully saturated rings. The van der Waals surface area contributed by atoms with E-state index in [9.17, 15) is 4.79 Å². The van der Waals surface area contributed by atoms with Crippen molar-refractivity contribution in [1.29, 1.82) is 10.5 Å². The molecule has 1 aromatic carbocycles. The summed E-state index contributed by atoms with van der Waals surface area (Å²) in [6.45, 7) is 1.95. The fraction of sp³-hybridized carbons (Fsp3) is 0.167. The van der Waals surface area contributed by atoms with Crippen LogP contribution in [-0.4, -0.2) is 22.5 Å². The Kier molecular flexibility index (Phi) is 2.94. The van der Waals surface area contributed by atoms with E-state index in [-0.39, 0.29) is 23.6 Å². The number of carbonyl (C=O) groups is 1. The van der Waals surface area contributed by atoms with Crippen molar-refractivity contribution in [3.8, 4) is 12.1 Å². The fourth-order valence-corrected chi connectivity index (χ4v) is 1.54. The summed E-state index contributed by atoms with van der Waals surface area (Å²) in [7, 11) is 0. The summed E-state index contributed by atoms with van der Waals surface area (Å²) >= 11 is 0. The van der Waals surface area contributed by atoms with Gasteiger partial charge in [0.05, 0.1) is 28.8 Å². The summed E-state index contributed by atoms with van der Waals surface area (Å²) in [5.41, 5.74) is 1.44. The lowest BCUT2D eigenvalue weighted by molar-refractivity contribution is 0.0514. The zero-order valence-electron chi connectivity index (χ0n) is 9.52. The number of rotatable bonds is 2. The number of aromatic amines is 1. The van der Waals surface area contributed by atoms with Crippen LogP contribution in [0.2, 0.25) is 0 Å². The summed E-state index contributed by atoms with van der Waals surface area (Å²) < 4.78 is 4.81. The van der Waals surface area contributed by atoms with Crippen LogP contribution in [0.5, 0.6) is 0 Å². The molecule has 0 atom stereocenters. The van der Waals surface area contributed by atoms with Crippen molar-refractivity contribution in [2.45, 2.75) is 6.92 Å². The van der Waals surface area contributed by atoms with Crippen LogP contribution in [0.15, 0.2) is 12.1 Å². The van der Waals surface area contributed by atoms with Crippen molar-refractivity contribution < 1.29 is 9.53 Å². The molecule has 6 heteroatoms. The summed E-state index contributed by atoms with van der Waals surface area (Å²) in [6.07, 6.45) is 0. The number of nitrogens with zero attached hydrogens (tertiary/aromatic N) is 3. The first kappa shape index (κ1) is 11.6. The van der Waals surface area contributed by atoms with Gasteiger partial charge in [0, 0.05) is 0 Å². The first-order valence-electron chi connectivity index (χ1n) is 5.20. The lowest BCUT2D eigenvalue weighted by Gasteiger charge is -1.95. The monoisotopic (exact) mass is 240 g/mol. The molecule has 6 nitrogen and oxygen atoms in total. The Labute approximate surface area is 102 Å². The zero-order chi connectivity index (χ0) is 13.1. The average Bonchev–Trinajstić information content (AvgIpc) is 2.80. The highest BCUT2D eigenvalue weighted by Gasteiger charge is 2.14. The van der Waals surface area contributed by atoms with Gasteiger partial charge in [-0.3, -0.25) is 0 Å². The van der Waals surface area contributed by atoms with Crippen LogP contribution >= 0.6 is 0 Å². The minimum Gasteiger partial charge on any atom is -0.460 e. The van der Waals surface area contributed by atoms with Crippen molar-refractivity contribution in [3.63, 3.8) is 0 Å².